The summed E-state index contributed by atoms with van der Waals surface area (Å²) in [6.45, 7) is 4.05. The van der Waals surface area contributed by atoms with Crippen LogP contribution < -0.4 is 10.2 Å². The van der Waals surface area contributed by atoms with Gasteiger partial charge in [0.15, 0.2) is 0 Å². The number of carbonyl (C=O) groups excluding carboxylic acids is 2. The Hall–Kier alpha value is -2.44. The Morgan fingerprint density at radius 1 is 1.03 bits per heavy atom. The van der Waals surface area contributed by atoms with Gasteiger partial charge in [-0.25, -0.2) is 0 Å². The second-order valence-corrected chi connectivity index (χ2v) is 10.3. The molecule has 0 radical (unpaired) electrons. The molecule has 0 aliphatic heterocycles. The Balaban J connectivity index is 1.74. The Labute approximate surface area is 191 Å². The zero-order valence-electron chi connectivity index (χ0n) is 18.0. The van der Waals surface area contributed by atoms with Gasteiger partial charge < -0.3 is 5.32 Å². The maximum Gasteiger partial charge on any atom is 0.248 e. The number of benzene rings is 1. The Bertz CT molecular complexity index is 1000. The van der Waals surface area contributed by atoms with Crippen LogP contribution in [0.2, 0.25) is 0 Å². The van der Waals surface area contributed by atoms with E-state index in [0.717, 1.165) is 52.3 Å². The van der Waals surface area contributed by atoms with Gasteiger partial charge in [-0.3, -0.25) is 14.5 Å². The van der Waals surface area contributed by atoms with Gasteiger partial charge in [0.05, 0.1) is 6.42 Å². The van der Waals surface area contributed by atoms with E-state index >= 15 is 0 Å². The third kappa shape index (κ3) is 5.25. The SMILES string of the molecule is Cc1cc(C)cc(N(C(=O)Cc2cccs2)[C@@H](C(=O)NC2CCCC2)c2cccs2)c1. The molecule has 1 atom stereocenters. The summed E-state index contributed by atoms with van der Waals surface area (Å²) >= 11 is 3.09. The molecule has 2 aromatic heterocycles. The second-order valence-electron chi connectivity index (χ2n) is 8.27. The monoisotopic (exact) mass is 452 g/mol. The molecule has 6 heteroatoms. The lowest BCUT2D eigenvalue weighted by molar-refractivity contribution is -0.126. The van der Waals surface area contributed by atoms with Crippen LogP contribution in [0.1, 0.15) is 52.6 Å². The lowest BCUT2D eigenvalue weighted by atomic mass is 10.1. The van der Waals surface area contributed by atoms with Crippen molar-refractivity contribution >= 4 is 40.2 Å². The lowest BCUT2D eigenvalue weighted by Crippen LogP contribution is -2.46. The van der Waals surface area contributed by atoms with Gasteiger partial charge in [-0.15, -0.1) is 22.7 Å². The van der Waals surface area contributed by atoms with Crippen LogP contribution in [-0.4, -0.2) is 17.9 Å². The molecule has 0 unspecified atom stereocenters. The van der Waals surface area contributed by atoms with Crippen molar-refractivity contribution < 1.29 is 9.59 Å². The number of carbonyl (C=O) groups is 2. The van der Waals surface area contributed by atoms with Gasteiger partial charge in [0.25, 0.3) is 0 Å². The summed E-state index contributed by atoms with van der Waals surface area (Å²) in [6, 6.07) is 13.4. The number of rotatable bonds is 7. The van der Waals surface area contributed by atoms with Crippen molar-refractivity contribution in [1.82, 2.24) is 5.32 Å². The maximum atomic E-state index is 13.7. The number of amides is 2. The molecule has 2 heterocycles. The number of nitrogens with zero attached hydrogens (tertiary/aromatic N) is 1. The Kier molecular flexibility index (Phi) is 6.88. The summed E-state index contributed by atoms with van der Waals surface area (Å²) in [5.74, 6) is -0.152. The fourth-order valence-electron chi connectivity index (χ4n) is 4.34. The van der Waals surface area contributed by atoms with Gasteiger partial charge in [0.1, 0.15) is 6.04 Å². The first-order valence-electron chi connectivity index (χ1n) is 10.8. The first kappa shape index (κ1) is 21.8. The van der Waals surface area contributed by atoms with Gasteiger partial charge in [-0.1, -0.05) is 31.0 Å². The van der Waals surface area contributed by atoms with Crippen LogP contribution in [0.3, 0.4) is 0 Å². The molecular formula is C25H28N2O2S2. The van der Waals surface area contributed by atoms with Crippen LogP contribution in [0.4, 0.5) is 5.69 Å². The Morgan fingerprint density at radius 2 is 1.71 bits per heavy atom. The van der Waals surface area contributed by atoms with Crippen LogP contribution >= 0.6 is 22.7 Å². The lowest BCUT2D eigenvalue weighted by Gasteiger charge is -2.32. The average molecular weight is 453 g/mol. The summed E-state index contributed by atoms with van der Waals surface area (Å²) in [5.41, 5.74) is 2.93. The summed E-state index contributed by atoms with van der Waals surface area (Å²) in [5, 5.41) is 7.18. The topological polar surface area (TPSA) is 49.4 Å². The predicted molar refractivity (Wildman–Crippen MR) is 129 cm³/mol. The molecule has 1 fully saturated rings. The minimum atomic E-state index is -0.672. The van der Waals surface area contributed by atoms with Crippen molar-refractivity contribution in [2.45, 2.75) is 58.0 Å². The molecule has 2 amide bonds. The summed E-state index contributed by atoms with van der Waals surface area (Å²) < 4.78 is 0. The van der Waals surface area contributed by atoms with Crippen LogP contribution in [0.25, 0.3) is 0 Å². The van der Waals surface area contributed by atoms with Gasteiger partial charge in [-0.05, 0) is 72.8 Å². The predicted octanol–water partition coefficient (Wildman–Crippen LogP) is 5.80. The van der Waals surface area contributed by atoms with E-state index in [1.165, 1.54) is 11.3 Å². The molecule has 4 rings (SSSR count). The normalized spacial score (nSPS) is 15.0. The fourth-order valence-corrected chi connectivity index (χ4v) is 5.85. The number of hydrogen-bond donors (Lipinski definition) is 1. The van der Waals surface area contributed by atoms with Crippen LogP contribution in [0.5, 0.6) is 0 Å². The second kappa shape index (κ2) is 9.79. The van der Waals surface area contributed by atoms with Crippen molar-refractivity contribution in [2.24, 2.45) is 0 Å². The average Bonchev–Trinajstić information content (AvgIpc) is 3.48. The molecule has 31 heavy (non-hydrogen) atoms. The minimum Gasteiger partial charge on any atom is -0.351 e. The molecule has 1 aliphatic rings. The van der Waals surface area contributed by atoms with Crippen molar-refractivity contribution in [1.29, 1.82) is 0 Å². The minimum absolute atomic E-state index is 0.0626. The van der Waals surface area contributed by atoms with Crippen molar-refractivity contribution in [3.63, 3.8) is 0 Å². The molecule has 1 saturated carbocycles. The summed E-state index contributed by atoms with van der Waals surface area (Å²) in [6.07, 6.45) is 4.59. The molecule has 162 valence electrons. The molecular weight excluding hydrogens is 424 g/mol. The highest BCUT2D eigenvalue weighted by Gasteiger charge is 2.35. The van der Waals surface area contributed by atoms with Crippen molar-refractivity contribution in [2.75, 3.05) is 4.90 Å². The van der Waals surface area contributed by atoms with E-state index in [9.17, 15) is 9.59 Å². The summed E-state index contributed by atoms with van der Waals surface area (Å²) in [4.78, 5) is 30.9. The van der Waals surface area contributed by atoms with E-state index in [2.05, 4.69) is 11.4 Å². The number of aryl methyl sites for hydroxylation is 2. The van der Waals surface area contributed by atoms with Crippen molar-refractivity contribution in [3.05, 3.63) is 74.1 Å². The number of nitrogens with one attached hydrogen (secondary N) is 1. The largest absolute Gasteiger partial charge is 0.351 e. The van der Waals surface area contributed by atoms with Crippen LogP contribution in [0.15, 0.2) is 53.2 Å². The quantitative estimate of drug-likeness (QED) is 0.492. The number of hydrogen-bond acceptors (Lipinski definition) is 4. The molecule has 0 spiro atoms. The van der Waals surface area contributed by atoms with Crippen molar-refractivity contribution in [3.8, 4) is 0 Å². The molecule has 4 nitrogen and oxygen atoms in total. The standard InChI is InChI=1S/C25H28N2O2S2/c1-17-13-18(2)15-20(14-17)27(23(28)16-21-9-5-11-30-21)24(22-10-6-12-31-22)25(29)26-19-7-3-4-8-19/h5-6,9-15,19,24H,3-4,7-8,16H2,1-2H3,(H,26,29)/t24-/m1/s1. The van der Waals surface area contributed by atoms with Crippen LogP contribution in [-0.2, 0) is 16.0 Å². The fraction of sp³-hybridized carbons (Fsp3) is 0.360. The number of thiophene rings is 2. The van der Waals surface area contributed by atoms with Crippen LogP contribution in [0, 0.1) is 13.8 Å². The molecule has 3 aromatic rings. The smallest absolute Gasteiger partial charge is 0.248 e. The first-order valence-corrected chi connectivity index (χ1v) is 12.5. The highest BCUT2D eigenvalue weighted by atomic mass is 32.1. The molecule has 1 aromatic carbocycles. The van der Waals surface area contributed by atoms with E-state index in [1.54, 1.807) is 16.2 Å². The molecule has 1 N–H and O–H groups in total. The third-order valence-corrected chi connectivity index (χ3v) is 7.48. The highest BCUT2D eigenvalue weighted by Crippen LogP contribution is 2.33. The van der Waals surface area contributed by atoms with Gasteiger partial charge in [0.2, 0.25) is 11.8 Å². The Morgan fingerprint density at radius 3 is 2.32 bits per heavy atom. The molecule has 0 saturated heterocycles. The molecule has 0 bridgehead atoms. The number of anilines is 1. The summed E-state index contributed by atoms with van der Waals surface area (Å²) in [7, 11) is 0. The zero-order valence-corrected chi connectivity index (χ0v) is 19.6. The van der Waals surface area contributed by atoms with E-state index < -0.39 is 6.04 Å². The van der Waals surface area contributed by atoms with E-state index in [0.29, 0.717) is 0 Å². The maximum absolute atomic E-state index is 13.7. The van der Waals surface area contributed by atoms with E-state index in [4.69, 9.17) is 0 Å². The van der Waals surface area contributed by atoms with E-state index in [1.807, 2.05) is 61.0 Å². The molecule has 1 aliphatic carbocycles. The third-order valence-electron chi connectivity index (χ3n) is 5.68. The first-order chi connectivity index (χ1) is 15.0. The van der Waals surface area contributed by atoms with Gasteiger partial charge in [0, 0.05) is 21.5 Å². The zero-order chi connectivity index (χ0) is 21.8. The highest BCUT2D eigenvalue weighted by molar-refractivity contribution is 7.10. The van der Waals surface area contributed by atoms with E-state index in [-0.39, 0.29) is 24.3 Å². The van der Waals surface area contributed by atoms with Gasteiger partial charge in [-0.2, -0.15) is 0 Å². The van der Waals surface area contributed by atoms with Gasteiger partial charge >= 0.3 is 0 Å².